The molecule has 29 heavy (non-hydrogen) atoms. The SMILES string of the molecule is Fc1ccccc1-c1nnc2ccc(NCc3ccn(-c4ccccc4)n3)nn12. The standard InChI is InChI=1S/C21H16FN7/c22-18-9-5-4-8-17(18)21-25-24-20-11-10-19(27-29(20)21)23-14-15-12-13-28(26-15)16-6-2-1-3-7-16/h1-13H,14H2,(H,23,27). The van der Waals surface area contributed by atoms with Crippen LogP contribution in [-0.2, 0) is 6.54 Å². The molecular formula is C21H16FN7. The molecule has 0 atom stereocenters. The van der Waals surface area contributed by atoms with E-state index >= 15 is 0 Å². The number of aromatic nitrogens is 6. The summed E-state index contributed by atoms with van der Waals surface area (Å²) in [6.07, 6.45) is 1.92. The zero-order chi connectivity index (χ0) is 19.6. The first kappa shape index (κ1) is 17.1. The second-order valence-corrected chi connectivity index (χ2v) is 6.43. The molecule has 2 aromatic carbocycles. The first-order valence-electron chi connectivity index (χ1n) is 9.09. The number of fused-ring (bicyclic) bond motifs is 1. The molecular weight excluding hydrogens is 369 g/mol. The summed E-state index contributed by atoms with van der Waals surface area (Å²) in [5.74, 6) is 0.604. The molecule has 5 rings (SSSR count). The first-order chi connectivity index (χ1) is 14.3. The van der Waals surface area contributed by atoms with E-state index in [0.29, 0.717) is 29.4 Å². The number of rotatable bonds is 5. The molecule has 5 aromatic rings. The fraction of sp³-hybridized carbons (Fsp3) is 0.0476. The van der Waals surface area contributed by atoms with E-state index in [9.17, 15) is 4.39 Å². The molecule has 0 amide bonds. The Morgan fingerprint density at radius 3 is 2.52 bits per heavy atom. The van der Waals surface area contributed by atoms with Gasteiger partial charge in [0.25, 0.3) is 0 Å². The van der Waals surface area contributed by atoms with Crippen molar-refractivity contribution in [3.05, 3.63) is 90.5 Å². The van der Waals surface area contributed by atoms with Crippen LogP contribution in [-0.4, -0.2) is 29.6 Å². The number of benzene rings is 2. The van der Waals surface area contributed by atoms with Crippen LogP contribution in [0.3, 0.4) is 0 Å². The summed E-state index contributed by atoms with van der Waals surface area (Å²) in [7, 11) is 0. The molecule has 3 aromatic heterocycles. The van der Waals surface area contributed by atoms with Crippen LogP contribution in [0.1, 0.15) is 5.69 Å². The highest BCUT2D eigenvalue weighted by Crippen LogP contribution is 2.21. The highest BCUT2D eigenvalue weighted by atomic mass is 19.1. The maximum absolute atomic E-state index is 14.2. The zero-order valence-corrected chi connectivity index (χ0v) is 15.3. The molecule has 1 N–H and O–H groups in total. The lowest BCUT2D eigenvalue weighted by Crippen LogP contribution is -2.06. The van der Waals surface area contributed by atoms with E-state index in [1.54, 1.807) is 24.3 Å². The van der Waals surface area contributed by atoms with Crippen molar-refractivity contribution < 1.29 is 4.39 Å². The third-order valence-corrected chi connectivity index (χ3v) is 4.49. The Morgan fingerprint density at radius 2 is 1.66 bits per heavy atom. The minimum absolute atomic E-state index is 0.353. The van der Waals surface area contributed by atoms with Crippen molar-refractivity contribution >= 4 is 11.5 Å². The summed E-state index contributed by atoms with van der Waals surface area (Å²) in [4.78, 5) is 0. The second kappa shape index (κ2) is 7.16. The lowest BCUT2D eigenvalue weighted by atomic mass is 10.2. The molecule has 0 aliphatic carbocycles. The van der Waals surface area contributed by atoms with Crippen LogP contribution in [0.2, 0.25) is 0 Å². The third kappa shape index (κ3) is 3.31. The van der Waals surface area contributed by atoms with E-state index in [-0.39, 0.29) is 5.82 Å². The fourth-order valence-electron chi connectivity index (χ4n) is 3.06. The Balaban J connectivity index is 1.38. The van der Waals surface area contributed by atoms with Crippen molar-refractivity contribution in [1.82, 2.24) is 29.6 Å². The summed E-state index contributed by atoms with van der Waals surface area (Å²) in [6, 6.07) is 21.9. The summed E-state index contributed by atoms with van der Waals surface area (Å²) in [5, 5.41) is 20.5. The average molecular weight is 385 g/mol. The topological polar surface area (TPSA) is 72.9 Å². The fourth-order valence-corrected chi connectivity index (χ4v) is 3.06. The molecule has 8 heteroatoms. The number of nitrogens with one attached hydrogen (secondary N) is 1. The summed E-state index contributed by atoms with van der Waals surface area (Å²) in [6.45, 7) is 0.496. The second-order valence-electron chi connectivity index (χ2n) is 6.43. The van der Waals surface area contributed by atoms with E-state index in [4.69, 9.17) is 0 Å². The minimum atomic E-state index is -0.367. The van der Waals surface area contributed by atoms with Gasteiger partial charge in [-0.15, -0.1) is 15.3 Å². The van der Waals surface area contributed by atoms with Crippen molar-refractivity contribution in [3.8, 4) is 17.1 Å². The predicted molar refractivity (Wildman–Crippen MR) is 107 cm³/mol. The van der Waals surface area contributed by atoms with Gasteiger partial charge >= 0.3 is 0 Å². The molecule has 0 saturated heterocycles. The normalized spacial score (nSPS) is 11.1. The largest absolute Gasteiger partial charge is 0.363 e. The lowest BCUT2D eigenvalue weighted by Gasteiger charge is -2.05. The van der Waals surface area contributed by atoms with Crippen molar-refractivity contribution in [2.75, 3.05) is 5.32 Å². The molecule has 0 bridgehead atoms. The van der Waals surface area contributed by atoms with E-state index in [0.717, 1.165) is 11.4 Å². The van der Waals surface area contributed by atoms with Crippen molar-refractivity contribution in [1.29, 1.82) is 0 Å². The third-order valence-electron chi connectivity index (χ3n) is 4.49. The van der Waals surface area contributed by atoms with E-state index < -0.39 is 0 Å². The van der Waals surface area contributed by atoms with Crippen LogP contribution >= 0.6 is 0 Å². The van der Waals surface area contributed by atoms with Crippen LogP contribution < -0.4 is 5.32 Å². The van der Waals surface area contributed by atoms with Gasteiger partial charge in [-0.2, -0.15) is 9.61 Å². The molecule has 0 saturated carbocycles. The number of hydrogen-bond donors (Lipinski definition) is 1. The average Bonchev–Trinajstić information content (AvgIpc) is 3.40. The maximum atomic E-state index is 14.2. The zero-order valence-electron chi connectivity index (χ0n) is 15.3. The van der Waals surface area contributed by atoms with Gasteiger partial charge < -0.3 is 5.32 Å². The molecule has 0 fully saturated rings. The molecule has 142 valence electrons. The van der Waals surface area contributed by atoms with Gasteiger partial charge in [0.1, 0.15) is 11.6 Å². The number of halogens is 1. The van der Waals surface area contributed by atoms with Crippen LogP contribution in [0, 0.1) is 5.82 Å². The lowest BCUT2D eigenvalue weighted by molar-refractivity contribution is 0.629. The van der Waals surface area contributed by atoms with Crippen LogP contribution in [0.4, 0.5) is 10.2 Å². The molecule has 0 unspecified atom stereocenters. The highest BCUT2D eigenvalue weighted by molar-refractivity contribution is 5.60. The summed E-state index contributed by atoms with van der Waals surface area (Å²) < 4.78 is 17.5. The molecule has 0 aliphatic heterocycles. The minimum Gasteiger partial charge on any atom is -0.363 e. The molecule has 0 radical (unpaired) electrons. The van der Waals surface area contributed by atoms with Gasteiger partial charge in [0.05, 0.1) is 23.5 Å². The van der Waals surface area contributed by atoms with Gasteiger partial charge in [-0.3, -0.25) is 0 Å². The van der Waals surface area contributed by atoms with Crippen molar-refractivity contribution in [3.63, 3.8) is 0 Å². The maximum Gasteiger partial charge on any atom is 0.188 e. The quantitative estimate of drug-likeness (QED) is 0.499. The number of nitrogens with zero attached hydrogens (tertiary/aromatic N) is 6. The summed E-state index contributed by atoms with van der Waals surface area (Å²) >= 11 is 0. The van der Waals surface area contributed by atoms with Crippen LogP contribution in [0.25, 0.3) is 22.7 Å². The Hall–Kier alpha value is -4.07. The van der Waals surface area contributed by atoms with Gasteiger partial charge in [0, 0.05) is 6.20 Å². The van der Waals surface area contributed by atoms with Gasteiger partial charge in [-0.1, -0.05) is 30.3 Å². The van der Waals surface area contributed by atoms with E-state index in [1.807, 2.05) is 53.3 Å². The van der Waals surface area contributed by atoms with Crippen LogP contribution in [0.15, 0.2) is 79.0 Å². The van der Waals surface area contributed by atoms with Crippen LogP contribution in [0.5, 0.6) is 0 Å². The smallest absolute Gasteiger partial charge is 0.188 e. The molecule has 7 nitrogen and oxygen atoms in total. The monoisotopic (exact) mass is 385 g/mol. The van der Waals surface area contributed by atoms with Gasteiger partial charge in [0.2, 0.25) is 0 Å². The number of anilines is 1. The van der Waals surface area contributed by atoms with Gasteiger partial charge in [-0.25, -0.2) is 9.07 Å². The number of para-hydroxylation sites is 1. The predicted octanol–water partition coefficient (Wildman–Crippen LogP) is 3.73. The molecule has 0 spiro atoms. The summed E-state index contributed by atoms with van der Waals surface area (Å²) in [5.41, 5.74) is 2.76. The van der Waals surface area contributed by atoms with Crippen molar-refractivity contribution in [2.24, 2.45) is 0 Å². The first-order valence-corrected chi connectivity index (χ1v) is 9.09. The highest BCUT2D eigenvalue weighted by Gasteiger charge is 2.13. The Kier molecular flexibility index (Phi) is 4.21. The Labute approximate surface area is 165 Å². The Morgan fingerprint density at radius 1 is 0.828 bits per heavy atom. The van der Waals surface area contributed by atoms with E-state index in [1.165, 1.54) is 10.6 Å². The van der Waals surface area contributed by atoms with E-state index in [2.05, 4.69) is 25.7 Å². The molecule has 3 heterocycles. The van der Waals surface area contributed by atoms with Gasteiger partial charge in [-0.05, 0) is 42.5 Å². The molecule has 0 aliphatic rings. The Bertz CT molecular complexity index is 1280. The van der Waals surface area contributed by atoms with Crippen molar-refractivity contribution in [2.45, 2.75) is 6.54 Å². The van der Waals surface area contributed by atoms with Gasteiger partial charge in [0.15, 0.2) is 11.5 Å². The number of hydrogen-bond acceptors (Lipinski definition) is 5.